The lowest BCUT2D eigenvalue weighted by Gasteiger charge is -2.26. The molecule has 0 atom stereocenters. The molecule has 2 aromatic carbocycles. The summed E-state index contributed by atoms with van der Waals surface area (Å²) in [5.74, 6) is -0.222. The third-order valence-corrected chi connectivity index (χ3v) is 7.15. The van der Waals surface area contributed by atoms with Gasteiger partial charge in [-0.15, -0.1) is 0 Å². The second kappa shape index (κ2) is 8.97. The van der Waals surface area contributed by atoms with E-state index in [2.05, 4.69) is 16.7 Å². The van der Waals surface area contributed by atoms with Crippen LogP contribution in [-0.2, 0) is 14.8 Å². The van der Waals surface area contributed by atoms with E-state index >= 15 is 0 Å². The number of anilines is 2. The standard InChI is InChI=1S/C22H29N3O3S/c1-16-7-10-20(18(3)13-16)23-15-22(26)24-21-14-19(9-8-17(21)2)29(27,28)25-11-5-4-6-12-25/h7-10,13-14,23H,4-6,11-12,15H2,1-3H3,(H,24,26). The van der Waals surface area contributed by atoms with Crippen molar-refractivity contribution in [3.63, 3.8) is 0 Å². The number of carbonyl (C=O) groups excluding carboxylic acids is 1. The van der Waals surface area contributed by atoms with Crippen molar-refractivity contribution in [3.8, 4) is 0 Å². The molecule has 0 aliphatic carbocycles. The van der Waals surface area contributed by atoms with Gasteiger partial charge in [0.15, 0.2) is 0 Å². The number of nitrogens with one attached hydrogen (secondary N) is 2. The lowest BCUT2D eigenvalue weighted by molar-refractivity contribution is -0.114. The van der Waals surface area contributed by atoms with Gasteiger partial charge in [0.1, 0.15) is 0 Å². The quantitative estimate of drug-likeness (QED) is 0.751. The average molecular weight is 416 g/mol. The van der Waals surface area contributed by atoms with Crippen LogP contribution >= 0.6 is 0 Å². The summed E-state index contributed by atoms with van der Waals surface area (Å²) in [5.41, 5.74) is 4.49. The Hall–Kier alpha value is -2.38. The van der Waals surface area contributed by atoms with Crippen LogP contribution in [-0.4, -0.2) is 38.3 Å². The minimum Gasteiger partial charge on any atom is -0.376 e. The second-order valence-electron chi connectivity index (χ2n) is 7.66. The molecule has 1 fully saturated rings. The Morgan fingerprint density at radius 3 is 2.34 bits per heavy atom. The molecule has 2 aromatic rings. The van der Waals surface area contributed by atoms with Gasteiger partial charge in [-0.25, -0.2) is 8.42 Å². The molecule has 0 aromatic heterocycles. The highest BCUT2D eigenvalue weighted by atomic mass is 32.2. The average Bonchev–Trinajstić information content (AvgIpc) is 2.69. The molecular weight excluding hydrogens is 386 g/mol. The Bertz CT molecular complexity index is 996. The molecule has 6 nitrogen and oxygen atoms in total. The molecule has 1 heterocycles. The predicted octanol–water partition coefficient (Wildman–Crippen LogP) is 3.84. The summed E-state index contributed by atoms with van der Waals surface area (Å²) in [6, 6.07) is 10.9. The number of benzene rings is 2. The number of nitrogens with zero attached hydrogens (tertiary/aromatic N) is 1. The summed E-state index contributed by atoms with van der Waals surface area (Å²) in [7, 11) is -3.54. The molecule has 2 N–H and O–H groups in total. The maximum atomic E-state index is 12.9. The van der Waals surface area contributed by atoms with Crippen LogP contribution < -0.4 is 10.6 Å². The summed E-state index contributed by atoms with van der Waals surface area (Å²) in [4.78, 5) is 12.7. The van der Waals surface area contributed by atoms with E-state index in [4.69, 9.17) is 0 Å². The number of hydrogen-bond donors (Lipinski definition) is 2. The smallest absolute Gasteiger partial charge is 0.243 e. The number of carbonyl (C=O) groups is 1. The molecule has 1 amide bonds. The zero-order chi connectivity index (χ0) is 21.0. The van der Waals surface area contributed by atoms with E-state index < -0.39 is 10.0 Å². The number of amides is 1. The molecule has 0 bridgehead atoms. The maximum absolute atomic E-state index is 12.9. The van der Waals surface area contributed by atoms with E-state index in [1.165, 1.54) is 9.87 Å². The van der Waals surface area contributed by atoms with Crippen molar-refractivity contribution in [1.82, 2.24) is 4.31 Å². The molecule has 0 saturated carbocycles. The highest BCUT2D eigenvalue weighted by Crippen LogP contribution is 2.25. The van der Waals surface area contributed by atoms with Gasteiger partial charge in [-0.2, -0.15) is 4.31 Å². The van der Waals surface area contributed by atoms with Gasteiger partial charge in [-0.1, -0.05) is 30.2 Å². The predicted molar refractivity (Wildman–Crippen MR) is 117 cm³/mol. The first-order valence-corrected chi connectivity index (χ1v) is 11.4. The Morgan fingerprint density at radius 1 is 0.931 bits per heavy atom. The van der Waals surface area contributed by atoms with Gasteiger partial charge in [0.05, 0.1) is 11.4 Å². The first-order valence-electron chi connectivity index (χ1n) is 9.99. The molecule has 0 spiro atoms. The van der Waals surface area contributed by atoms with Crippen molar-refractivity contribution in [2.24, 2.45) is 0 Å². The summed E-state index contributed by atoms with van der Waals surface area (Å²) >= 11 is 0. The largest absolute Gasteiger partial charge is 0.376 e. The maximum Gasteiger partial charge on any atom is 0.243 e. The molecular formula is C22H29N3O3S. The van der Waals surface area contributed by atoms with Crippen molar-refractivity contribution in [3.05, 3.63) is 53.1 Å². The molecule has 156 valence electrons. The molecule has 0 unspecified atom stereocenters. The van der Waals surface area contributed by atoms with Gasteiger partial charge in [0, 0.05) is 24.5 Å². The molecule has 0 radical (unpaired) electrons. The monoisotopic (exact) mass is 415 g/mol. The number of sulfonamides is 1. The Kier molecular flexibility index (Phi) is 6.59. The van der Waals surface area contributed by atoms with E-state index in [0.717, 1.165) is 36.1 Å². The molecule has 1 aliphatic heterocycles. The lowest BCUT2D eigenvalue weighted by Crippen LogP contribution is -2.35. The first kappa shape index (κ1) is 21.3. The number of aryl methyl sites for hydroxylation is 3. The van der Waals surface area contributed by atoms with Crippen LogP contribution in [0.25, 0.3) is 0 Å². The highest BCUT2D eigenvalue weighted by molar-refractivity contribution is 7.89. The second-order valence-corrected chi connectivity index (χ2v) is 9.60. The summed E-state index contributed by atoms with van der Waals surface area (Å²) in [6.07, 6.45) is 2.84. The molecule has 3 rings (SSSR count). The topological polar surface area (TPSA) is 78.5 Å². The van der Waals surface area contributed by atoms with Crippen LogP contribution in [0, 0.1) is 20.8 Å². The van der Waals surface area contributed by atoms with Gasteiger partial charge >= 0.3 is 0 Å². The van der Waals surface area contributed by atoms with Gasteiger partial charge in [0.25, 0.3) is 0 Å². The van der Waals surface area contributed by atoms with E-state index in [0.29, 0.717) is 18.8 Å². The van der Waals surface area contributed by atoms with Crippen molar-refractivity contribution in [2.45, 2.75) is 44.9 Å². The summed E-state index contributed by atoms with van der Waals surface area (Å²) in [6.45, 7) is 7.08. The van der Waals surface area contributed by atoms with Crippen molar-refractivity contribution < 1.29 is 13.2 Å². The van der Waals surface area contributed by atoms with Crippen molar-refractivity contribution >= 4 is 27.3 Å². The van der Waals surface area contributed by atoms with Crippen LogP contribution in [0.1, 0.15) is 36.0 Å². The zero-order valence-corrected chi connectivity index (χ0v) is 18.1. The Morgan fingerprint density at radius 2 is 1.66 bits per heavy atom. The van der Waals surface area contributed by atoms with E-state index in [1.54, 1.807) is 18.2 Å². The number of rotatable bonds is 6. The van der Waals surface area contributed by atoms with Crippen LogP contribution in [0.3, 0.4) is 0 Å². The molecule has 29 heavy (non-hydrogen) atoms. The van der Waals surface area contributed by atoms with E-state index in [-0.39, 0.29) is 17.3 Å². The van der Waals surface area contributed by atoms with E-state index in [9.17, 15) is 13.2 Å². The van der Waals surface area contributed by atoms with Crippen molar-refractivity contribution in [1.29, 1.82) is 0 Å². The molecule has 7 heteroatoms. The summed E-state index contributed by atoms with van der Waals surface area (Å²) in [5, 5.41) is 5.98. The number of hydrogen-bond acceptors (Lipinski definition) is 4. The minimum absolute atomic E-state index is 0.104. The fourth-order valence-electron chi connectivity index (χ4n) is 3.53. The van der Waals surface area contributed by atoms with Crippen LogP contribution in [0.2, 0.25) is 0 Å². The minimum atomic E-state index is -3.54. The number of piperidine rings is 1. The van der Waals surface area contributed by atoms with Crippen LogP contribution in [0.5, 0.6) is 0 Å². The Labute approximate surface area is 173 Å². The van der Waals surface area contributed by atoms with E-state index in [1.807, 2.05) is 32.9 Å². The van der Waals surface area contributed by atoms with Gasteiger partial charge in [-0.3, -0.25) is 4.79 Å². The SMILES string of the molecule is Cc1ccc(NCC(=O)Nc2cc(S(=O)(=O)N3CCCCC3)ccc2C)c(C)c1. The third kappa shape index (κ3) is 5.16. The fourth-order valence-corrected chi connectivity index (χ4v) is 5.08. The summed E-state index contributed by atoms with van der Waals surface area (Å²) < 4.78 is 27.4. The van der Waals surface area contributed by atoms with Gasteiger partial charge < -0.3 is 10.6 Å². The van der Waals surface area contributed by atoms with Crippen LogP contribution in [0.4, 0.5) is 11.4 Å². The Balaban J connectivity index is 1.70. The van der Waals surface area contributed by atoms with Gasteiger partial charge in [-0.05, 0) is 62.9 Å². The normalized spacial score (nSPS) is 15.1. The lowest BCUT2D eigenvalue weighted by atomic mass is 10.1. The highest BCUT2D eigenvalue weighted by Gasteiger charge is 2.26. The molecule has 1 aliphatic rings. The third-order valence-electron chi connectivity index (χ3n) is 5.26. The van der Waals surface area contributed by atoms with Gasteiger partial charge in [0.2, 0.25) is 15.9 Å². The first-order chi connectivity index (χ1) is 13.8. The fraction of sp³-hybridized carbons (Fsp3) is 0.409. The molecule has 1 saturated heterocycles. The van der Waals surface area contributed by atoms with Crippen molar-refractivity contribution in [2.75, 3.05) is 30.3 Å². The zero-order valence-electron chi connectivity index (χ0n) is 17.3. The van der Waals surface area contributed by atoms with Crippen LogP contribution in [0.15, 0.2) is 41.3 Å².